The van der Waals surface area contributed by atoms with Crippen molar-refractivity contribution in [2.24, 2.45) is 10.7 Å². The zero-order valence-electron chi connectivity index (χ0n) is 15.4. The van der Waals surface area contributed by atoms with Gasteiger partial charge in [0.1, 0.15) is 5.75 Å². The molecule has 0 unspecified atom stereocenters. The number of hydrogen-bond donors (Lipinski definition) is 2. The van der Waals surface area contributed by atoms with Gasteiger partial charge in [0.05, 0.1) is 33.5 Å². The van der Waals surface area contributed by atoms with Crippen molar-refractivity contribution in [2.75, 3.05) is 32.2 Å². The van der Waals surface area contributed by atoms with Gasteiger partial charge in [-0.2, -0.15) is 0 Å². The molecule has 0 spiro atoms. The van der Waals surface area contributed by atoms with E-state index in [1.807, 2.05) is 49.4 Å². The summed E-state index contributed by atoms with van der Waals surface area (Å²) >= 11 is 0. The monoisotopic (exact) mass is 357 g/mol. The summed E-state index contributed by atoms with van der Waals surface area (Å²) in [6.07, 6.45) is 0. The fourth-order valence-corrected chi connectivity index (χ4v) is 2.31. The Morgan fingerprint density at radius 3 is 2.50 bits per heavy atom. The Morgan fingerprint density at radius 1 is 1.04 bits per heavy atom. The van der Waals surface area contributed by atoms with E-state index in [9.17, 15) is 0 Å². The summed E-state index contributed by atoms with van der Waals surface area (Å²) in [4.78, 5) is 4.39. The predicted octanol–water partition coefficient (Wildman–Crippen LogP) is 3.18. The molecule has 0 heterocycles. The second-order valence-electron chi connectivity index (χ2n) is 5.62. The maximum absolute atomic E-state index is 5.96. The highest BCUT2D eigenvalue weighted by atomic mass is 16.5. The zero-order chi connectivity index (χ0) is 18.6. The normalized spacial score (nSPS) is 11.4. The van der Waals surface area contributed by atoms with Crippen molar-refractivity contribution >= 4 is 11.6 Å². The molecule has 0 aromatic heterocycles. The summed E-state index contributed by atoms with van der Waals surface area (Å²) in [5.41, 5.74) is 9.01. The fourth-order valence-electron chi connectivity index (χ4n) is 2.31. The number of aliphatic imine (C=N–C) groups is 1. The summed E-state index contributed by atoms with van der Waals surface area (Å²) in [5.74, 6) is 1.17. The lowest BCUT2D eigenvalue weighted by Gasteiger charge is -2.08. The Morgan fingerprint density at radius 2 is 1.77 bits per heavy atom. The van der Waals surface area contributed by atoms with Crippen LogP contribution in [0.1, 0.15) is 18.1 Å². The molecular formula is C20H27N3O3. The minimum absolute atomic E-state index is 0.369. The lowest BCUT2D eigenvalue weighted by Crippen LogP contribution is -2.22. The maximum atomic E-state index is 5.96. The number of anilines is 1. The molecule has 0 saturated carbocycles. The van der Waals surface area contributed by atoms with E-state index >= 15 is 0 Å². The van der Waals surface area contributed by atoms with E-state index in [4.69, 9.17) is 19.9 Å². The van der Waals surface area contributed by atoms with Crippen molar-refractivity contribution in [3.05, 3.63) is 59.7 Å². The average Bonchev–Trinajstić information content (AvgIpc) is 2.67. The third kappa shape index (κ3) is 7.13. The topological polar surface area (TPSA) is 78.1 Å². The van der Waals surface area contributed by atoms with Gasteiger partial charge >= 0.3 is 0 Å². The molecule has 0 aliphatic heterocycles. The van der Waals surface area contributed by atoms with Gasteiger partial charge in [0.15, 0.2) is 5.96 Å². The summed E-state index contributed by atoms with van der Waals surface area (Å²) in [5, 5.41) is 3.07. The molecule has 0 bridgehead atoms. The molecule has 140 valence electrons. The van der Waals surface area contributed by atoms with Gasteiger partial charge in [-0.05, 0) is 42.3 Å². The molecule has 2 aromatic carbocycles. The second-order valence-corrected chi connectivity index (χ2v) is 5.62. The van der Waals surface area contributed by atoms with Gasteiger partial charge in [-0.3, -0.25) is 0 Å². The van der Waals surface area contributed by atoms with E-state index in [0.29, 0.717) is 38.9 Å². The Hall–Kier alpha value is -2.57. The molecule has 2 rings (SSSR count). The Labute approximate surface area is 155 Å². The number of hydrogen-bond acceptors (Lipinski definition) is 4. The third-order valence-corrected chi connectivity index (χ3v) is 3.63. The first-order chi connectivity index (χ1) is 12.7. The van der Waals surface area contributed by atoms with Crippen LogP contribution in [0.5, 0.6) is 5.75 Å². The summed E-state index contributed by atoms with van der Waals surface area (Å²) in [6, 6.07) is 15.6. The van der Waals surface area contributed by atoms with Crippen LogP contribution < -0.4 is 15.8 Å². The van der Waals surface area contributed by atoms with Crippen molar-refractivity contribution in [2.45, 2.75) is 20.1 Å². The van der Waals surface area contributed by atoms with Gasteiger partial charge in [-0.1, -0.05) is 24.3 Å². The summed E-state index contributed by atoms with van der Waals surface area (Å²) < 4.78 is 16.0. The number of nitrogens with zero attached hydrogens (tertiary/aromatic N) is 1. The average molecular weight is 357 g/mol. The van der Waals surface area contributed by atoms with Crippen LogP contribution in [0, 0.1) is 0 Å². The van der Waals surface area contributed by atoms with E-state index < -0.39 is 0 Å². The molecular weight excluding hydrogens is 330 g/mol. The number of guanidine groups is 1. The van der Waals surface area contributed by atoms with Gasteiger partial charge in [0.25, 0.3) is 0 Å². The minimum atomic E-state index is 0.369. The van der Waals surface area contributed by atoms with Gasteiger partial charge in [-0.15, -0.1) is 0 Å². The van der Waals surface area contributed by atoms with Crippen molar-refractivity contribution in [3.63, 3.8) is 0 Å². The number of benzene rings is 2. The van der Waals surface area contributed by atoms with Crippen LogP contribution in [0.4, 0.5) is 5.69 Å². The van der Waals surface area contributed by atoms with Gasteiger partial charge < -0.3 is 25.3 Å². The first-order valence-corrected chi connectivity index (χ1v) is 8.65. The summed E-state index contributed by atoms with van der Waals surface area (Å²) in [6.45, 7) is 4.96. The number of ether oxygens (including phenoxy) is 3. The molecule has 6 nitrogen and oxygen atoms in total. The Balaban J connectivity index is 1.83. The molecule has 3 N–H and O–H groups in total. The van der Waals surface area contributed by atoms with Crippen LogP contribution in [0.25, 0.3) is 0 Å². The smallest absolute Gasteiger partial charge is 0.193 e. The van der Waals surface area contributed by atoms with Crippen molar-refractivity contribution in [3.8, 4) is 5.75 Å². The highest BCUT2D eigenvalue weighted by Crippen LogP contribution is 2.14. The van der Waals surface area contributed by atoms with E-state index in [0.717, 1.165) is 22.6 Å². The highest BCUT2D eigenvalue weighted by Gasteiger charge is 1.99. The summed E-state index contributed by atoms with van der Waals surface area (Å²) in [7, 11) is 1.64. The quantitative estimate of drug-likeness (QED) is 0.388. The highest BCUT2D eigenvalue weighted by molar-refractivity contribution is 5.92. The molecule has 6 heteroatoms. The number of nitrogens with two attached hydrogens (primary N) is 1. The largest absolute Gasteiger partial charge is 0.497 e. The van der Waals surface area contributed by atoms with E-state index in [-0.39, 0.29) is 0 Å². The van der Waals surface area contributed by atoms with Gasteiger partial charge in [-0.25, -0.2) is 4.99 Å². The van der Waals surface area contributed by atoms with Gasteiger partial charge in [0.2, 0.25) is 0 Å². The van der Waals surface area contributed by atoms with Gasteiger partial charge in [0, 0.05) is 12.3 Å². The maximum Gasteiger partial charge on any atom is 0.193 e. The first kappa shape index (κ1) is 19.8. The van der Waals surface area contributed by atoms with Crippen LogP contribution in [-0.4, -0.2) is 32.9 Å². The number of rotatable bonds is 10. The molecule has 0 aliphatic carbocycles. The first-order valence-electron chi connectivity index (χ1n) is 8.65. The van der Waals surface area contributed by atoms with E-state index in [1.165, 1.54) is 0 Å². The lowest BCUT2D eigenvalue weighted by molar-refractivity contribution is 0.0453. The SMILES string of the molecule is CCOCCOCc1cccc(CN=C(N)Nc2ccc(OC)cc2)c1. The molecule has 0 aliphatic rings. The molecule has 0 saturated heterocycles. The molecule has 0 fully saturated rings. The van der Waals surface area contributed by atoms with Crippen LogP contribution in [0.15, 0.2) is 53.5 Å². The standard InChI is InChI=1S/C20H27N3O3/c1-3-25-11-12-26-15-17-6-4-5-16(13-17)14-22-20(21)23-18-7-9-19(24-2)10-8-18/h4-10,13H,3,11-12,14-15H2,1-2H3,(H3,21,22,23). The van der Waals surface area contributed by atoms with Crippen LogP contribution >= 0.6 is 0 Å². The molecule has 0 atom stereocenters. The number of nitrogens with one attached hydrogen (secondary N) is 1. The molecule has 0 radical (unpaired) electrons. The second kappa shape index (κ2) is 11.1. The Kier molecular flexibility index (Phi) is 8.45. The van der Waals surface area contributed by atoms with Crippen molar-refractivity contribution in [1.29, 1.82) is 0 Å². The van der Waals surface area contributed by atoms with E-state index in [1.54, 1.807) is 7.11 Å². The molecule has 0 amide bonds. The van der Waals surface area contributed by atoms with Crippen LogP contribution in [0.2, 0.25) is 0 Å². The van der Waals surface area contributed by atoms with Crippen LogP contribution in [0.3, 0.4) is 0 Å². The van der Waals surface area contributed by atoms with Crippen molar-refractivity contribution < 1.29 is 14.2 Å². The Bertz CT molecular complexity index is 687. The number of methoxy groups -OCH3 is 1. The molecule has 2 aromatic rings. The third-order valence-electron chi connectivity index (χ3n) is 3.63. The lowest BCUT2D eigenvalue weighted by atomic mass is 10.1. The zero-order valence-corrected chi connectivity index (χ0v) is 15.4. The predicted molar refractivity (Wildman–Crippen MR) is 105 cm³/mol. The van der Waals surface area contributed by atoms with E-state index in [2.05, 4.69) is 16.4 Å². The molecule has 26 heavy (non-hydrogen) atoms. The van der Waals surface area contributed by atoms with Crippen LogP contribution in [-0.2, 0) is 22.6 Å². The van der Waals surface area contributed by atoms with Crippen molar-refractivity contribution in [1.82, 2.24) is 0 Å². The minimum Gasteiger partial charge on any atom is -0.497 e. The fraction of sp³-hybridized carbons (Fsp3) is 0.350.